The molecular weight excluding hydrogens is 728 g/mol. The number of carbonyl (C=O) groups excluding carboxylic acids is 6. The number of halogens is 2. The van der Waals surface area contributed by atoms with E-state index < -0.39 is 126 Å². The fraction of sp³-hybridized carbons (Fsp3) is 0.385. The van der Waals surface area contributed by atoms with Crippen molar-refractivity contribution in [1.82, 2.24) is 0 Å². The number of hydrogen-bond acceptors (Lipinski definition) is 13. The summed E-state index contributed by atoms with van der Waals surface area (Å²) in [5, 5.41) is 0. The van der Waals surface area contributed by atoms with Gasteiger partial charge in [-0.2, -0.15) is 0 Å². The van der Waals surface area contributed by atoms with Crippen molar-refractivity contribution in [2.75, 3.05) is 12.0 Å². The number of anilines is 1. The van der Waals surface area contributed by atoms with Gasteiger partial charge < -0.3 is 38.1 Å². The third kappa shape index (κ3) is 9.62. The largest absolute Gasteiger partial charge is 0.467 e. The molecule has 55 heavy (non-hydrogen) atoms. The van der Waals surface area contributed by atoms with E-state index in [4.69, 9.17) is 38.6 Å². The lowest BCUT2D eigenvalue weighted by molar-refractivity contribution is -0.282. The molecule has 0 spiro atoms. The average Bonchev–Trinajstić information content (AvgIpc) is 3.18. The van der Waals surface area contributed by atoms with Gasteiger partial charge in [-0.05, 0) is 72.4 Å². The van der Waals surface area contributed by atoms with Crippen molar-refractivity contribution in [3.8, 4) is 5.75 Å². The SMILES string of the molecule is [2H]c1c([2H])c(N2C(=O)[C@H](CC[C@H](OC(C)=O)c3ccc(F)cc3)[C@H]2c2ccc(O[C@@H]3O[C@H](C(=O)OC)[C@@H](OC(C)=O)[C@H](OC(C)=O)[C@H]3OC(C)=O)cc2)c([2H])c([2H])c1F. The second-order valence-corrected chi connectivity index (χ2v) is 12.5. The minimum atomic E-state index is -1.73. The van der Waals surface area contributed by atoms with Crippen LogP contribution < -0.4 is 9.64 Å². The van der Waals surface area contributed by atoms with Gasteiger partial charge in [-0.25, -0.2) is 13.6 Å². The molecule has 0 unspecified atom stereocenters. The Bertz CT molecular complexity index is 2100. The first-order valence-corrected chi connectivity index (χ1v) is 16.9. The van der Waals surface area contributed by atoms with E-state index in [1.165, 1.54) is 55.5 Å². The maximum atomic E-state index is 14.6. The first-order chi connectivity index (χ1) is 27.8. The average molecular weight is 772 g/mol. The van der Waals surface area contributed by atoms with E-state index in [2.05, 4.69) is 0 Å². The lowest BCUT2D eigenvalue weighted by Gasteiger charge is -2.48. The highest BCUT2D eigenvalue weighted by Gasteiger charge is 2.56. The topological polar surface area (TPSA) is 170 Å². The number of benzene rings is 3. The molecular formula is C39H39F2NO13. The molecule has 5 rings (SSSR count). The Morgan fingerprint density at radius 3 is 1.93 bits per heavy atom. The molecule has 0 aliphatic carbocycles. The summed E-state index contributed by atoms with van der Waals surface area (Å²) in [4.78, 5) is 76.3. The molecule has 2 aliphatic rings. The third-order valence-corrected chi connectivity index (χ3v) is 8.63. The Morgan fingerprint density at radius 1 is 0.782 bits per heavy atom. The van der Waals surface area contributed by atoms with E-state index in [1.807, 2.05) is 0 Å². The first kappa shape index (κ1) is 34.8. The molecule has 0 aromatic heterocycles. The normalized spacial score (nSPS) is 24.7. The third-order valence-electron chi connectivity index (χ3n) is 8.63. The molecule has 292 valence electrons. The van der Waals surface area contributed by atoms with Gasteiger partial charge in [-0.1, -0.05) is 24.3 Å². The van der Waals surface area contributed by atoms with E-state index >= 15 is 0 Å². The Morgan fingerprint density at radius 2 is 1.36 bits per heavy atom. The summed E-state index contributed by atoms with van der Waals surface area (Å²) in [6, 6.07) is 6.35. The van der Waals surface area contributed by atoms with E-state index in [0.29, 0.717) is 11.1 Å². The molecule has 2 saturated heterocycles. The van der Waals surface area contributed by atoms with Crippen LogP contribution >= 0.6 is 0 Å². The standard InChI is InChI=1S/C39H39F2NO13/c1-20(43)50-31(24-6-10-26(40)11-7-24)19-18-30-32(42(37(30)47)28-14-12-27(41)13-15-28)25-8-16-29(17-9-25)54-39-36(53-23(4)46)34(52-22(3)45)33(51-21(2)44)35(55-39)38(48)49-5/h6-17,30-36,39H,18-19H2,1-5H3/t30-,31+,32-,33+,34+,35+,36-,39-/m1/s1/i12D,13D,14D,15D. The van der Waals surface area contributed by atoms with Crippen LogP contribution in [0.15, 0.2) is 72.7 Å². The minimum Gasteiger partial charge on any atom is -0.467 e. The van der Waals surface area contributed by atoms with Crippen molar-refractivity contribution in [3.05, 3.63) is 95.5 Å². The van der Waals surface area contributed by atoms with Gasteiger partial charge >= 0.3 is 29.8 Å². The van der Waals surface area contributed by atoms with Crippen LogP contribution in [0.1, 0.15) is 69.3 Å². The zero-order chi connectivity index (χ0) is 43.5. The van der Waals surface area contributed by atoms with Crippen molar-refractivity contribution >= 4 is 41.4 Å². The number of β-lactam (4-membered cyclic amide) rings is 1. The number of esters is 5. The van der Waals surface area contributed by atoms with Crippen LogP contribution in [0, 0.1) is 17.6 Å². The molecule has 3 aromatic carbocycles. The Labute approximate surface area is 320 Å². The van der Waals surface area contributed by atoms with Crippen molar-refractivity contribution in [2.45, 2.75) is 83.4 Å². The fourth-order valence-electron chi connectivity index (χ4n) is 6.43. The second-order valence-electron chi connectivity index (χ2n) is 12.5. The molecule has 0 bridgehead atoms. The zero-order valence-corrected chi connectivity index (χ0v) is 30.2. The monoisotopic (exact) mass is 771 g/mol. The molecule has 3 aromatic rings. The summed E-state index contributed by atoms with van der Waals surface area (Å²) in [6.07, 6.45) is -9.11. The van der Waals surface area contributed by atoms with Crippen LogP contribution in [0.25, 0.3) is 0 Å². The quantitative estimate of drug-likeness (QED) is 0.132. The number of carbonyl (C=O) groups is 6. The number of ether oxygens (including phenoxy) is 7. The fourth-order valence-corrected chi connectivity index (χ4v) is 6.43. The Kier molecular flexibility index (Phi) is 11.1. The summed E-state index contributed by atoms with van der Waals surface area (Å²) < 4.78 is 99.5. The van der Waals surface area contributed by atoms with Crippen molar-refractivity contribution in [3.63, 3.8) is 0 Å². The molecule has 0 N–H and O–H groups in total. The predicted molar refractivity (Wildman–Crippen MR) is 185 cm³/mol. The highest BCUT2D eigenvalue weighted by molar-refractivity contribution is 6.03. The summed E-state index contributed by atoms with van der Waals surface area (Å²) in [5.74, 6) is -7.87. The van der Waals surface area contributed by atoms with Gasteiger partial charge in [0.1, 0.15) is 23.5 Å². The van der Waals surface area contributed by atoms with Gasteiger partial charge in [0.05, 0.1) is 24.6 Å². The second kappa shape index (κ2) is 17.5. The Hall–Kier alpha value is -5.90. The highest BCUT2D eigenvalue weighted by Crippen LogP contribution is 2.47. The number of hydrogen-bond donors (Lipinski definition) is 0. The lowest BCUT2D eigenvalue weighted by atomic mass is 9.78. The molecule has 0 radical (unpaired) electrons. The van der Waals surface area contributed by atoms with Crippen molar-refractivity contribution in [1.29, 1.82) is 0 Å². The summed E-state index contributed by atoms with van der Waals surface area (Å²) in [6.45, 7) is 4.29. The van der Waals surface area contributed by atoms with Crippen LogP contribution in [0.2, 0.25) is 0 Å². The summed E-state index contributed by atoms with van der Waals surface area (Å²) >= 11 is 0. The van der Waals surface area contributed by atoms with Crippen molar-refractivity contribution < 1.29 is 76.2 Å². The van der Waals surface area contributed by atoms with Crippen LogP contribution in [0.3, 0.4) is 0 Å². The van der Waals surface area contributed by atoms with Crippen LogP contribution in [0.5, 0.6) is 5.75 Å². The molecule has 0 saturated carbocycles. The maximum absolute atomic E-state index is 14.6. The van der Waals surface area contributed by atoms with Crippen LogP contribution in [0.4, 0.5) is 14.5 Å². The molecule has 8 atom stereocenters. The number of methoxy groups -OCH3 is 1. The molecule has 1 amide bonds. The van der Waals surface area contributed by atoms with Gasteiger partial charge in [0.15, 0.2) is 18.3 Å². The molecule has 2 heterocycles. The maximum Gasteiger partial charge on any atom is 0.339 e. The summed E-state index contributed by atoms with van der Waals surface area (Å²) in [5.41, 5.74) is 0.328. The lowest BCUT2D eigenvalue weighted by Crippen LogP contribution is -2.64. The highest BCUT2D eigenvalue weighted by atomic mass is 19.1. The van der Waals surface area contributed by atoms with Crippen LogP contribution in [-0.4, -0.2) is 73.6 Å². The number of rotatable bonds is 13. The molecule has 2 aliphatic heterocycles. The van der Waals surface area contributed by atoms with Gasteiger partial charge in [-0.15, -0.1) is 0 Å². The van der Waals surface area contributed by atoms with Crippen molar-refractivity contribution in [2.24, 2.45) is 5.92 Å². The molecule has 2 fully saturated rings. The summed E-state index contributed by atoms with van der Waals surface area (Å²) in [7, 11) is 1.03. The van der Waals surface area contributed by atoms with Gasteiger partial charge in [0.2, 0.25) is 18.3 Å². The number of amides is 1. The van der Waals surface area contributed by atoms with Gasteiger partial charge in [0.25, 0.3) is 0 Å². The van der Waals surface area contributed by atoms with E-state index in [9.17, 15) is 37.5 Å². The number of nitrogens with zero attached hydrogens (tertiary/aromatic N) is 1. The Balaban J connectivity index is 1.51. The molecule has 14 nitrogen and oxygen atoms in total. The van der Waals surface area contributed by atoms with E-state index in [-0.39, 0.29) is 18.6 Å². The van der Waals surface area contributed by atoms with E-state index in [0.717, 1.165) is 32.8 Å². The minimum absolute atomic E-state index is 0.00181. The first-order valence-electron chi connectivity index (χ1n) is 18.9. The van der Waals surface area contributed by atoms with Gasteiger partial charge in [-0.3, -0.25) is 24.0 Å². The zero-order valence-electron chi connectivity index (χ0n) is 34.2. The smallest absolute Gasteiger partial charge is 0.339 e. The molecule has 16 heteroatoms. The predicted octanol–water partition coefficient (Wildman–Crippen LogP) is 4.83. The van der Waals surface area contributed by atoms with E-state index in [1.54, 1.807) is 0 Å². The van der Waals surface area contributed by atoms with Crippen LogP contribution in [-0.2, 0) is 57.2 Å². The van der Waals surface area contributed by atoms with Gasteiger partial charge in [0, 0.05) is 33.4 Å².